The van der Waals surface area contributed by atoms with Gasteiger partial charge in [-0.3, -0.25) is 9.69 Å². The predicted molar refractivity (Wildman–Crippen MR) is 117 cm³/mol. The summed E-state index contributed by atoms with van der Waals surface area (Å²) in [6, 6.07) is 8.65. The molecule has 0 atom stereocenters. The SMILES string of the molecule is CN(C)c1ccc(N2CCN(CC(=O)Nc3ncnc4c3CCCC4)CC2)cc1. The zero-order valence-corrected chi connectivity index (χ0v) is 17.4. The molecule has 1 N–H and O–H groups in total. The summed E-state index contributed by atoms with van der Waals surface area (Å²) < 4.78 is 0. The first-order valence-corrected chi connectivity index (χ1v) is 10.5. The molecule has 0 radical (unpaired) electrons. The lowest BCUT2D eigenvalue weighted by atomic mass is 9.96. The summed E-state index contributed by atoms with van der Waals surface area (Å²) in [5.41, 5.74) is 4.66. The molecule has 0 unspecified atom stereocenters. The van der Waals surface area contributed by atoms with Crippen LogP contribution in [0.25, 0.3) is 0 Å². The summed E-state index contributed by atoms with van der Waals surface area (Å²) >= 11 is 0. The van der Waals surface area contributed by atoms with E-state index in [-0.39, 0.29) is 5.91 Å². The van der Waals surface area contributed by atoms with E-state index in [1.54, 1.807) is 6.33 Å². The van der Waals surface area contributed by atoms with Crippen molar-refractivity contribution in [1.29, 1.82) is 0 Å². The highest BCUT2D eigenvalue weighted by Crippen LogP contribution is 2.24. The summed E-state index contributed by atoms with van der Waals surface area (Å²) in [6.45, 7) is 4.02. The van der Waals surface area contributed by atoms with Crippen LogP contribution in [0.2, 0.25) is 0 Å². The fourth-order valence-electron chi connectivity index (χ4n) is 4.13. The Morgan fingerprint density at radius 1 is 1.03 bits per heavy atom. The predicted octanol–water partition coefficient (Wildman–Crippen LogP) is 2.18. The third kappa shape index (κ3) is 4.67. The van der Waals surface area contributed by atoms with Gasteiger partial charge >= 0.3 is 0 Å². The van der Waals surface area contributed by atoms with Crippen LogP contribution < -0.4 is 15.1 Å². The molecule has 1 aliphatic carbocycles. The molecule has 154 valence electrons. The van der Waals surface area contributed by atoms with Crippen LogP contribution in [0.4, 0.5) is 17.2 Å². The molecule has 1 aromatic heterocycles. The number of hydrogen-bond donors (Lipinski definition) is 1. The molecule has 7 nitrogen and oxygen atoms in total. The van der Waals surface area contributed by atoms with Crippen molar-refractivity contribution in [3.63, 3.8) is 0 Å². The van der Waals surface area contributed by atoms with Crippen molar-refractivity contribution >= 4 is 23.1 Å². The third-order valence-corrected chi connectivity index (χ3v) is 5.85. The fraction of sp³-hybridized carbons (Fsp3) is 0.500. The van der Waals surface area contributed by atoms with Crippen molar-refractivity contribution in [1.82, 2.24) is 14.9 Å². The zero-order chi connectivity index (χ0) is 20.2. The number of amides is 1. The number of hydrogen-bond acceptors (Lipinski definition) is 6. The fourth-order valence-corrected chi connectivity index (χ4v) is 4.13. The topological polar surface area (TPSA) is 64.6 Å². The first-order chi connectivity index (χ1) is 14.1. The Bertz CT molecular complexity index is 843. The molecule has 1 amide bonds. The second-order valence-electron chi connectivity index (χ2n) is 8.08. The lowest BCUT2D eigenvalue weighted by Gasteiger charge is -2.35. The minimum Gasteiger partial charge on any atom is -0.378 e. The second-order valence-corrected chi connectivity index (χ2v) is 8.08. The quantitative estimate of drug-likeness (QED) is 0.839. The van der Waals surface area contributed by atoms with E-state index in [0.717, 1.165) is 56.7 Å². The molecule has 1 aromatic carbocycles. The van der Waals surface area contributed by atoms with Crippen molar-refractivity contribution in [3.05, 3.63) is 41.9 Å². The Morgan fingerprint density at radius 3 is 2.48 bits per heavy atom. The van der Waals surface area contributed by atoms with Crippen LogP contribution in [-0.2, 0) is 17.6 Å². The lowest BCUT2D eigenvalue weighted by Crippen LogP contribution is -2.48. The number of nitrogens with zero attached hydrogens (tertiary/aromatic N) is 5. The number of rotatable bonds is 5. The number of aryl methyl sites for hydroxylation is 1. The van der Waals surface area contributed by atoms with Gasteiger partial charge < -0.3 is 15.1 Å². The van der Waals surface area contributed by atoms with Crippen LogP contribution in [0.15, 0.2) is 30.6 Å². The van der Waals surface area contributed by atoms with E-state index in [4.69, 9.17) is 0 Å². The standard InChI is InChI=1S/C22H30N6O/c1-26(2)17-7-9-18(10-8-17)28-13-11-27(12-14-28)15-21(29)25-22-19-5-3-4-6-20(19)23-16-24-22/h7-10,16H,3-6,11-15H2,1-2H3,(H,23,24,25,29). The van der Waals surface area contributed by atoms with Crippen LogP contribution in [0.3, 0.4) is 0 Å². The van der Waals surface area contributed by atoms with Crippen LogP contribution in [0, 0.1) is 0 Å². The number of benzene rings is 1. The molecule has 1 saturated heterocycles. The number of aromatic nitrogens is 2. The summed E-state index contributed by atoms with van der Waals surface area (Å²) in [5.74, 6) is 0.722. The minimum absolute atomic E-state index is 0.0141. The van der Waals surface area contributed by atoms with Gasteiger partial charge in [-0.25, -0.2) is 9.97 Å². The smallest absolute Gasteiger partial charge is 0.239 e. The van der Waals surface area contributed by atoms with E-state index in [9.17, 15) is 4.79 Å². The maximum absolute atomic E-state index is 12.6. The first-order valence-electron chi connectivity index (χ1n) is 10.5. The molecule has 0 bridgehead atoms. The van der Waals surface area contributed by atoms with E-state index >= 15 is 0 Å². The van der Waals surface area contributed by atoms with Gasteiger partial charge in [0.15, 0.2) is 0 Å². The van der Waals surface area contributed by atoms with E-state index in [2.05, 4.69) is 68.3 Å². The van der Waals surface area contributed by atoms with Crippen LogP contribution in [0.5, 0.6) is 0 Å². The number of piperazine rings is 1. The molecule has 0 spiro atoms. The Morgan fingerprint density at radius 2 is 1.76 bits per heavy atom. The summed E-state index contributed by atoms with van der Waals surface area (Å²) in [5, 5.41) is 3.03. The minimum atomic E-state index is 0.0141. The molecule has 2 aromatic rings. The second kappa shape index (κ2) is 8.78. The third-order valence-electron chi connectivity index (χ3n) is 5.85. The van der Waals surface area contributed by atoms with Crippen molar-refractivity contribution in [3.8, 4) is 0 Å². The Labute approximate surface area is 172 Å². The normalized spacial score (nSPS) is 17.0. The van der Waals surface area contributed by atoms with Crippen molar-refractivity contribution in [2.75, 3.05) is 61.9 Å². The van der Waals surface area contributed by atoms with Crippen molar-refractivity contribution < 1.29 is 4.79 Å². The average Bonchev–Trinajstić information content (AvgIpc) is 2.74. The first kappa shape index (κ1) is 19.6. The van der Waals surface area contributed by atoms with Gasteiger partial charge in [-0.1, -0.05) is 0 Å². The van der Waals surface area contributed by atoms with Gasteiger partial charge in [-0.05, 0) is 49.9 Å². The molecule has 2 heterocycles. The maximum Gasteiger partial charge on any atom is 0.239 e. The van der Waals surface area contributed by atoms with E-state index in [1.807, 2.05) is 0 Å². The number of fused-ring (bicyclic) bond motifs is 1. The molecule has 4 rings (SSSR count). The lowest BCUT2D eigenvalue weighted by molar-refractivity contribution is -0.117. The van der Waals surface area contributed by atoms with Gasteiger partial charge in [0.2, 0.25) is 5.91 Å². The number of anilines is 3. The highest BCUT2D eigenvalue weighted by molar-refractivity contribution is 5.92. The van der Waals surface area contributed by atoms with Crippen LogP contribution in [-0.4, -0.2) is 67.6 Å². The highest BCUT2D eigenvalue weighted by Gasteiger charge is 2.21. The van der Waals surface area contributed by atoms with E-state index < -0.39 is 0 Å². The van der Waals surface area contributed by atoms with E-state index in [1.165, 1.54) is 17.8 Å². The average molecular weight is 395 g/mol. The summed E-state index contributed by atoms with van der Waals surface area (Å²) in [6.07, 6.45) is 5.82. The summed E-state index contributed by atoms with van der Waals surface area (Å²) in [4.78, 5) is 28.0. The van der Waals surface area contributed by atoms with Crippen molar-refractivity contribution in [2.45, 2.75) is 25.7 Å². The van der Waals surface area contributed by atoms with Gasteiger partial charge in [-0.2, -0.15) is 0 Å². The Hall–Kier alpha value is -2.67. The largest absolute Gasteiger partial charge is 0.378 e. The van der Waals surface area contributed by atoms with Gasteiger partial charge in [-0.15, -0.1) is 0 Å². The summed E-state index contributed by atoms with van der Waals surface area (Å²) in [7, 11) is 4.10. The Kier molecular flexibility index (Phi) is 5.94. The highest BCUT2D eigenvalue weighted by atomic mass is 16.2. The molecule has 1 fully saturated rings. The molecule has 29 heavy (non-hydrogen) atoms. The molecular formula is C22H30N6O. The monoisotopic (exact) mass is 394 g/mol. The van der Waals surface area contributed by atoms with Crippen LogP contribution in [0.1, 0.15) is 24.1 Å². The molecule has 7 heteroatoms. The van der Waals surface area contributed by atoms with Gasteiger partial charge in [0.1, 0.15) is 12.1 Å². The van der Waals surface area contributed by atoms with E-state index in [0.29, 0.717) is 12.4 Å². The zero-order valence-electron chi connectivity index (χ0n) is 17.4. The van der Waals surface area contributed by atoms with Gasteiger partial charge in [0.25, 0.3) is 0 Å². The van der Waals surface area contributed by atoms with Gasteiger partial charge in [0.05, 0.1) is 6.54 Å². The molecule has 2 aliphatic rings. The molecular weight excluding hydrogens is 364 g/mol. The number of carbonyl (C=O) groups excluding carboxylic acids is 1. The molecule has 0 saturated carbocycles. The molecule has 1 aliphatic heterocycles. The van der Waals surface area contributed by atoms with Crippen LogP contribution >= 0.6 is 0 Å². The maximum atomic E-state index is 12.6. The van der Waals surface area contributed by atoms with Gasteiger partial charge in [0, 0.05) is 62.9 Å². The number of carbonyl (C=O) groups is 1. The Balaban J connectivity index is 1.29. The van der Waals surface area contributed by atoms with Crippen molar-refractivity contribution in [2.24, 2.45) is 0 Å². The number of nitrogens with one attached hydrogen (secondary N) is 1.